The van der Waals surface area contributed by atoms with Gasteiger partial charge in [-0.05, 0) is 24.3 Å². The second-order valence-corrected chi connectivity index (χ2v) is 7.22. The molecule has 0 atom stereocenters. The molecule has 3 aromatic rings. The van der Waals surface area contributed by atoms with E-state index in [4.69, 9.17) is 5.73 Å². The molecule has 0 spiro atoms. The molecule has 0 aliphatic carbocycles. The van der Waals surface area contributed by atoms with Crippen LogP contribution in [0.1, 0.15) is 10.4 Å². The number of carbonyl (C=O) groups excluding carboxylic acids is 2. The van der Waals surface area contributed by atoms with Crippen LogP contribution in [0.3, 0.4) is 0 Å². The molecule has 1 aromatic heterocycles. The monoisotopic (exact) mass is 369 g/mol. The molecule has 3 N–H and O–H groups in total. The fraction of sp³-hybridized carbons (Fsp3) is 0.0556. The summed E-state index contributed by atoms with van der Waals surface area (Å²) in [7, 11) is 0. The topological polar surface area (TPSA) is 85.1 Å². The molecule has 0 saturated carbocycles. The molecule has 0 unspecified atom stereocenters. The van der Waals surface area contributed by atoms with E-state index in [0.29, 0.717) is 17.0 Å². The van der Waals surface area contributed by atoms with Crippen molar-refractivity contribution in [1.29, 1.82) is 0 Å². The van der Waals surface area contributed by atoms with Gasteiger partial charge in [0.2, 0.25) is 0 Å². The van der Waals surface area contributed by atoms with Gasteiger partial charge >= 0.3 is 6.03 Å². The maximum absolute atomic E-state index is 12.3. The molecule has 0 bridgehead atoms. The summed E-state index contributed by atoms with van der Waals surface area (Å²) >= 11 is 2.95. The SMILES string of the molecule is NC(=O)Nc1ccc(C(=O)CSc2nc(-c3ccccc3)cs2)cc1. The van der Waals surface area contributed by atoms with Gasteiger partial charge in [0.15, 0.2) is 10.1 Å². The predicted octanol–water partition coefficient (Wildman–Crippen LogP) is 4.28. The van der Waals surface area contributed by atoms with E-state index in [0.717, 1.165) is 15.6 Å². The fourth-order valence-electron chi connectivity index (χ4n) is 2.16. The number of Topliss-reactive ketones (excluding diaryl/α,β-unsaturated/α-hetero) is 1. The third-order valence-electron chi connectivity index (χ3n) is 3.35. The molecule has 25 heavy (non-hydrogen) atoms. The summed E-state index contributed by atoms with van der Waals surface area (Å²) in [4.78, 5) is 27.6. The van der Waals surface area contributed by atoms with Gasteiger partial charge in [-0.2, -0.15) is 0 Å². The number of primary amides is 1. The zero-order valence-corrected chi connectivity index (χ0v) is 14.8. The van der Waals surface area contributed by atoms with Crippen molar-refractivity contribution in [3.8, 4) is 11.3 Å². The smallest absolute Gasteiger partial charge is 0.316 e. The zero-order chi connectivity index (χ0) is 17.6. The van der Waals surface area contributed by atoms with Crippen LogP contribution in [0.25, 0.3) is 11.3 Å². The van der Waals surface area contributed by atoms with Crippen LogP contribution in [0.4, 0.5) is 10.5 Å². The molecular weight excluding hydrogens is 354 g/mol. The number of nitrogens with two attached hydrogens (primary N) is 1. The Morgan fingerprint density at radius 2 is 1.80 bits per heavy atom. The number of benzene rings is 2. The van der Waals surface area contributed by atoms with Crippen LogP contribution >= 0.6 is 23.1 Å². The second kappa shape index (κ2) is 7.96. The van der Waals surface area contributed by atoms with Gasteiger partial charge in [-0.25, -0.2) is 9.78 Å². The van der Waals surface area contributed by atoms with Crippen molar-refractivity contribution in [3.05, 3.63) is 65.5 Å². The summed E-state index contributed by atoms with van der Waals surface area (Å²) in [5.74, 6) is 0.316. The zero-order valence-electron chi connectivity index (χ0n) is 13.1. The number of amides is 2. The maximum atomic E-state index is 12.3. The van der Waals surface area contributed by atoms with E-state index in [9.17, 15) is 9.59 Å². The number of rotatable bonds is 6. The second-order valence-electron chi connectivity index (χ2n) is 5.14. The summed E-state index contributed by atoms with van der Waals surface area (Å²) in [5.41, 5.74) is 8.18. The molecule has 0 aliphatic heterocycles. The van der Waals surface area contributed by atoms with Crippen molar-refractivity contribution in [2.45, 2.75) is 4.34 Å². The van der Waals surface area contributed by atoms with E-state index in [-0.39, 0.29) is 5.78 Å². The van der Waals surface area contributed by atoms with Crippen molar-refractivity contribution in [3.63, 3.8) is 0 Å². The highest BCUT2D eigenvalue weighted by Crippen LogP contribution is 2.28. The highest BCUT2D eigenvalue weighted by molar-refractivity contribution is 8.01. The average molecular weight is 369 g/mol. The van der Waals surface area contributed by atoms with Gasteiger partial charge in [0.05, 0.1) is 11.4 Å². The molecule has 126 valence electrons. The number of carbonyl (C=O) groups is 2. The lowest BCUT2D eigenvalue weighted by molar-refractivity contribution is 0.102. The van der Waals surface area contributed by atoms with Gasteiger partial charge < -0.3 is 11.1 Å². The molecule has 0 fully saturated rings. The molecule has 7 heteroatoms. The Morgan fingerprint density at radius 1 is 1.08 bits per heavy atom. The minimum atomic E-state index is -0.632. The van der Waals surface area contributed by atoms with E-state index in [1.54, 1.807) is 24.3 Å². The Kier molecular flexibility index (Phi) is 5.47. The predicted molar refractivity (Wildman–Crippen MR) is 102 cm³/mol. The third-order valence-corrected chi connectivity index (χ3v) is 5.37. The molecule has 5 nitrogen and oxygen atoms in total. The highest BCUT2D eigenvalue weighted by atomic mass is 32.2. The molecule has 0 saturated heterocycles. The molecule has 1 heterocycles. The fourth-order valence-corrected chi connectivity index (χ4v) is 3.89. The van der Waals surface area contributed by atoms with Crippen LogP contribution in [0.5, 0.6) is 0 Å². The van der Waals surface area contributed by atoms with Gasteiger partial charge in [-0.15, -0.1) is 11.3 Å². The average Bonchev–Trinajstić information content (AvgIpc) is 3.10. The van der Waals surface area contributed by atoms with Gasteiger partial charge in [-0.3, -0.25) is 4.79 Å². The van der Waals surface area contributed by atoms with Crippen LogP contribution in [-0.4, -0.2) is 22.6 Å². The van der Waals surface area contributed by atoms with Gasteiger partial charge in [0.1, 0.15) is 0 Å². The lowest BCUT2D eigenvalue weighted by Crippen LogP contribution is -2.19. The third kappa shape index (κ3) is 4.68. The highest BCUT2D eigenvalue weighted by Gasteiger charge is 2.10. The van der Waals surface area contributed by atoms with Crippen molar-refractivity contribution in [2.24, 2.45) is 5.73 Å². The molecule has 2 amide bonds. The van der Waals surface area contributed by atoms with E-state index in [2.05, 4.69) is 10.3 Å². The van der Waals surface area contributed by atoms with Gasteiger partial charge in [0, 0.05) is 22.2 Å². The first-order chi connectivity index (χ1) is 12.1. The number of urea groups is 1. The number of nitrogens with zero attached hydrogens (tertiary/aromatic N) is 1. The summed E-state index contributed by atoms with van der Waals surface area (Å²) in [6.07, 6.45) is 0. The summed E-state index contributed by atoms with van der Waals surface area (Å²) in [5, 5.41) is 4.45. The van der Waals surface area contributed by atoms with Gasteiger partial charge in [0.25, 0.3) is 0 Å². The lowest BCUT2D eigenvalue weighted by Gasteiger charge is -2.03. The number of hydrogen-bond donors (Lipinski definition) is 2. The lowest BCUT2D eigenvalue weighted by atomic mass is 10.1. The first-order valence-corrected chi connectivity index (χ1v) is 9.32. The first-order valence-electron chi connectivity index (χ1n) is 7.45. The molecule has 0 aliphatic rings. The van der Waals surface area contributed by atoms with Crippen molar-refractivity contribution in [1.82, 2.24) is 4.98 Å². The van der Waals surface area contributed by atoms with Crippen LogP contribution < -0.4 is 11.1 Å². The normalized spacial score (nSPS) is 10.4. The number of thiazole rings is 1. The molecule has 0 radical (unpaired) electrons. The Bertz CT molecular complexity index is 877. The summed E-state index contributed by atoms with van der Waals surface area (Å²) in [6.45, 7) is 0. The summed E-state index contributed by atoms with van der Waals surface area (Å²) in [6, 6.07) is 16.0. The van der Waals surface area contributed by atoms with E-state index in [1.165, 1.54) is 23.1 Å². The first kappa shape index (κ1) is 17.2. The van der Waals surface area contributed by atoms with E-state index < -0.39 is 6.03 Å². The number of nitrogens with one attached hydrogen (secondary N) is 1. The van der Waals surface area contributed by atoms with Crippen LogP contribution in [0.15, 0.2) is 64.3 Å². The van der Waals surface area contributed by atoms with Crippen molar-refractivity contribution >= 4 is 40.6 Å². The molecule has 3 rings (SSSR count). The number of hydrogen-bond acceptors (Lipinski definition) is 5. The number of thioether (sulfide) groups is 1. The Balaban J connectivity index is 1.59. The van der Waals surface area contributed by atoms with Crippen molar-refractivity contribution < 1.29 is 9.59 Å². The Morgan fingerprint density at radius 3 is 2.48 bits per heavy atom. The van der Waals surface area contributed by atoms with Crippen molar-refractivity contribution in [2.75, 3.05) is 11.1 Å². The number of aromatic nitrogens is 1. The molecule has 2 aromatic carbocycles. The van der Waals surface area contributed by atoms with Crippen LogP contribution in [0, 0.1) is 0 Å². The minimum absolute atomic E-state index is 0.00656. The minimum Gasteiger partial charge on any atom is -0.351 e. The van der Waals surface area contributed by atoms with Crippen LogP contribution in [0.2, 0.25) is 0 Å². The quantitative estimate of drug-likeness (QED) is 0.502. The summed E-state index contributed by atoms with van der Waals surface area (Å²) < 4.78 is 0.860. The number of anilines is 1. The Labute approximate surface area is 153 Å². The van der Waals surface area contributed by atoms with E-state index in [1.807, 2.05) is 35.7 Å². The Hall–Kier alpha value is -2.64. The van der Waals surface area contributed by atoms with E-state index >= 15 is 0 Å². The van der Waals surface area contributed by atoms with Gasteiger partial charge in [-0.1, -0.05) is 42.1 Å². The standard InChI is InChI=1S/C18H15N3O2S2/c19-17(23)20-14-8-6-13(7-9-14)16(22)11-25-18-21-15(10-24-18)12-4-2-1-3-5-12/h1-10H,11H2,(H3,19,20,23). The largest absolute Gasteiger partial charge is 0.351 e. The maximum Gasteiger partial charge on any atom is 0.316 e. The van der Waals surface area contributed by atoms with Crippen LogP contribution in [-0.2, 0) is 0 Å². The number of ketones is 1. The molecular formula is C18H15N3O2S2.